The van der Waals surface area contributed by atoms with E-state index in [1.165, 1.54) is 17.1 Å². The van der Waals surface area contributed by atoms with Gasteiger partial charge in [-0.15, -0.1) is 0 Å². The fraction of sp³-hybridized carbons (Fsp3) is 0.333. The van der Waals surface area contributed by atoms with Crippen molar-refractivity contribution in [3.05, 3.63) is 48.2 Å². The van der Waals surface area contributed by atoms with E-state index < -0.39 is 29.6 Å². The fourth-order valence-electron chi connectivity index (χ4n) is 3.01. The van der Waals surface area contributed by atoms with E-state index in [2.05, 4.69) is 15.7 Å². The van der Waals surface area contributed by atoms with Crippen LogP contribution < -0.4 is 10.6 Å². The van der Waals surface area contributed by atoms with Crippen LogP contribution in [-0.2, 0) is 23.2 Å². The summed E-state index contributed by atoms with van der Waals surface area (Å²) in [6.07, 6.45) is 7.21. The van der Waals surface area contributed by atoms with E-state index in [1.54, 1.807) is 31.3 Å². The highest BCUT2D eigenvalue weighted by molar-refractivity contribution is 6.03. The number of amides is 2. The van der Waals surface area contributed by atoms with Gasteiger partial charge in [-0.2, -0.15) is 5.10 Å². The maximum Gasteiger partial charge on any atom is 0.307 e. The van der Waals surface area contributed by atoms with Crippen molar-refractivity contribution in [2.75, 3.05) is 5.32 Å². The van der Waals surface area contributed by atoms with Crippen LogP contribution in [0.2, 0.25) is 0 Å². The van der Waals surface area contributed by atoms with Crippen LogP contribution in [0.5, 0.6) is 0 Å². The van der Waals surface area contributed by atoms with Gasteiger partial charge in [-0.3, -0.25) is 19.1 Å². The van der Waals surface area contributed by atoms with Crippen molar-refractivity contribution in [2.45, 2.75) is 19.4 Å². The van der Waals surface area contributed by atoms with E-state index in [4.69, 9.17) is 4.42 Å². The zero-order valence-electron chi connectivity index (χ0n) is 14.7. The number of nitrogens with zero attached hydrogens (tertiary/aromatic N) is 2. The molecule has 3 N–H and O–H groups in total. The Bertz CT molecular complexity index is 868. The molecule has 0 radical (unpaired) electrons. The van der Waals surface area contributed by atoms with E-state index in [1.807, 2.05) is 0 Å². The molecule has 0 unspecified atom stereocenters. The van der Waals surface area contributed by atoms with Gasteiger partial charge >= 0.3 is 5.97 Å². The largest absolute Gasteiger partial charge is 0.481 e. The Morgan fingerprint density at radius 3 is 2.70 bits per heavy atom. The van der Waals surface area contributed by atoms with Gasteiger partial charge < -0.3 is 20.2 Å². The summed E-state index contributed by atoms with van der Waals surface area (Å²) in [7, 11) is 1.63. The molecule has 3 rings (SSSR count). The molecule has 0 fully saturated rings. The standard InChI is InChI=1S/C18H20N4O5/c1-22-10-14(15(21-22)17(24)19-9-11-5-4-8-27-11)20-16(23)12-6-2-3-7-13(12)18(25)26/h2-5,8,10,12-13H,6-7,9H2,1H3,(H,19,24)(H,20,23)(H,25,26)/t12-,13+/m1/s1. The maximum absolute atomic E-state index is 12.6. The van der Waals surface area contributed by atoms with Crippen LogP contribution in [0.4, 0.5) is 5.69 Å². The van der Waals surface area contributed by atoms with Crippen LogP contribution in [-0.4, -0.2) is 32.7 Å². The van der Waals surface area contributed by atoms with Crippen molar-refractivity contribution >= 4 is 23.5 Å². The van der Waals surface area contributed by atoms with Crippen molar-refractivity contribution in [1.29, 1.82) is 0 Å². The minimum absolute atomic E-state index is 0.0515. The lowest BCUT2D eigenvalue weighted by Crippen LogP contribution is -2.35. The summed E-state index contributed by atoms with van der Waals surface area (Å²) < 4.78 is 6.57. The second-order valence-corrected chi connectivity index (χ2v) is 6.31. The highest BCUT2D eigenvalue weighted by atomic mass is 16.4. The van der Waals surface area contributed by atoms with Gasteiger partial charge in [0.05, 0.1) is 30.3 Å². The summed E-state index contributed by atoms with van der Waals surface area (Å²) in [6, 6.07) is 3.44. The lowest BCUT2D eigenvalue weighted by molar-refractivity contribution is -0.146. The molecule has 9 nitrogen and oxygen atoms in total. The molecule has 9 heteroatoms. The van der Waals surface area contributed by atoms with Gasteiger partial charge in [0.25, 0.3) is 5.91 Å². The number of rotatable bonds is 6. The molecule has 1 aliphatic rings. The van der Waals surface area contributed by atoms with Crippen molar-refractivity contribution in [3.63, 3.8) is 0 Å². The Balaban J connectivity index is 1.71. The van der Waals surface area contributed by atoms with E-state index in [9.17, 15) is 19.5 Å². The van der Waals surface area contributed by atoms with E-state index in [-0.39, 0.29) is 17.9 Å². The number of carboxylic acids is 1. The SMILES string of the molecule is Cn1cc(NC(=O)[C@@H]2CC=CC[C@@H]2C(=O)O)c(C(=O)NCc2ccco2)n1. The monoisotopic (exact) mass is 372 g/mol. The second kappa shape index (κ2) is 7.90. The smallest absolute Gasteiger partial charge is 0.307 e. The zero-order chi connectivity index (χ0) is 19.4. The number of allylic oxidation sites excluding steroid dienone is 2. The molecule has 1 aliphatic carbocycles. The fourth-order valence-corrected chi connectivity index (χ4v) is 3.01. The van der Waals surface area contributed by atoms with E-state index >= 15 is 0 Å². The Morgan fingerprint density at radius 1 is 1.30 bits per heavy atom. The van der Waals surface area contributed by atoms with Crippen molar-refractivity contribution in [2.24, 2.45) is 18.9 Å². The van der Waals surface area contributed by atoms with Crippen molar-refractivity contribution < 1.29 is 23.9 Å². The van der Waals surface area contributed by atoms with Gasteiger partial charge in [0.15, 0.2) is 5.69 Å². The predicted octanol–water partition coefficient (Wildman–Crippen LogP) is 1.55. The molecule has 2 heterocycles. The van der Waals surface area contributed by atoms with Crippen LogP contribution in [0, 0.1) is 11.8 Å². The first-order valence-electron chi connectivity index (χ1n) is 8.48. The van der Waals surface area contributed by atoms with E-state index in [0.717, 1.165) is 0 Å². The average molecular weight is 372 g/mol. The average Bonchev–Trinajstić information content (AvgIpc) is 3.29. The first-order chi connectivity index (χ1) is 13.0. The third kappa shape index (κ3) is 4.25. The molecule has 0 saturated heterocycles. The van der Waals surface area contributed by atoms with Crippen molar-refractivity contribution in [3.8, 4) is 0 Å². The number of carbonyl (C=O) groups excluding carboxylic acids is 2. The summed E-state index contributed by atoms with van der Waals surface area (Å²) in [4.78, 5) is 36.4. The number of hydrogen-bond donors (Lipinski definition) is 3. The highest BCUT2D eigenvalue weighted by Gasteiger charge is 2.34. The normalized spacial score (nSPS) is 18.9. The molecule has 2 aromatic rings. The molecule has 2 amide bonds. The number of carboxylic acid groups (broad SMARTS) is 1. The molecular weight excluding hydrogens is 352 g/mol. The van der Waals surface area contributed by atoms with Gasteiger partial charge in [-0.1, -0.05) is 12.2 Å². The number of aromatic nitrogens is 2. The molecule has 142 valence electrons. The quantitative estimate of drug-likeness (QED) is 0.661. The number of anilines is 1. The number of furan rings is 1. The highest BCUT2D eigenvalue weighted by Crippen LogP contribution is 2.27. The molecule has 0 bridgehead atoms. The van der Waals surface area contributed by atoms with Crippen LogP contribution >= 0.6 is 0 Å². The number of nitrogens with one attached hydrogen (secondary N) is 2. The minimum atomic E-state index is -1.01. The van der Waals surface area contributed by atoms with Crippen LogP contribution in [0.15, 0.2) is 41.2 Å². The zero-order valence-corrected chi connectivity index (χ0v) is 14.7. The molecule has 0 aliphatic heterocycles. The van der Waals surface area contributed by atoms with Gasteiger partial charge in [0, 0.05) is 13.2 Å². The van der Waals surface area contributed by atoms with Gasteiger partial charge in [-0.05, 0) is 25.0 Å². The predicted molar refractivity (Wildman–Crippen MR) is 94.7 cm³/mol. The Morgan fingerprint density at radius 2 is 2.04 bits per heavy atom. The molecule has 0 spiro atoms. The number of hydrogen-bond acceptors (Lipinski definition) is 5. The maximum atomic E-state index is 12.6. The van der Waals surface area contributed by atoms with Gasteiger partial charge in [0.1, 0.15) is 5.76 Å². The second-order valence-electron chi connectivity index (χ2n) is 6.31. The number of carbonyl (C=O) groups is 3. The molecule has 2 atom stereocenters. The van der Waals surface area contributed by atoms with Crippen molar-refractivity contribution in [1.82, 2.24) is 15.1 Å². The molecule has 0 aromatic carbocycles. The number of aryl methyl sites for hydroxylation is 1. The molecule has 2 aromatic heterocycles. The number of aliphatic carboxylic acids is 1. The lowest BCUT2D eigenvalue weighted by atomic mass is 9.82. The Kier molecular flexibility index (Phi) is 5.39. The van der Waals surface area contributed by atoms with Gasteiger partial charge in [-0.25, -0.2) is 0 Å². The van der Waals surface area contributed by atoms with Gasteiger partial charge in [0.2, 0.25) is 5.91 Å². The van der Waals surface area contributed by atoms with Crippen LogP contribution in [0.25, 0.3) is 0 Å². The minimum Gasteiger partial charge on any atom is -0.481 e. The van der Waals surface area contributed by atoms with Crippen LogP contribution in [0.3, 0.4) is 0 Å². The van der Waals surface area contributed by atoms with E-state index in [0.29, 0.717) is 18.6 Å². The summed E-state index contributed by atoms with van der Waals surface area (Å²) in [5, 5.41) is 18.7. The molecular formula is C18H20N4O5. The molecule has 0 saturated carbocycles. The summed E-state index contributed by atoms with van der Waals surface area (Å²) >= 11 is 0. The third-order valence-corrected chi connectivity index (χ3v) is 4.39. The Hall–Kier alpha value is -3.36. The Labute approximate surface area is 155 Å². The third-order valence-electron chi connectivity index (χ3n) is 4.39. The molecule has 27 heavy (non-hydrogen) atoms. The topological polar surface area (TPSA) is 126 Å². The summed E-state index contributed by atoms with van der Waals surface area (Å²) in [5.74, 6) is -2.83. The summed E-state index contributed by atoms with van der Waals surface area (Å²) in [6.45, 7) is 0.185. The lowest BCUT2D eigenvalue weighted by Gasteiger charge is -2.24. The van der Waals surface area contributed by atoms with Crippen LogP contribution in [0.1, 0.15) is 29.1 Å². The first-order valence-corrected chi connectivity index (χ1v) is 8.48. The first kappa shape index (κ1) is 18.4. The summed E-state index contributed by atoms with van der Waals surface area (Å²) in [5.41, 5.74) is 0.286.